The normalized spacial score (nSPS) is 11.1. The van der Waals surface area contributed by atoms with Crippen molar-refractivity contribution in [3.63, 3.8) is 0 Å². The Morgan fingerprint density at radius 2 is 1.74 bits per heavy atom. The molecule has 0 spiro atoms. The molecule has 27 heavy (non-hydrogen) atoms. The summed E-state index contributed by atoms with van der Waals surface area (Å²) in [5, 5.41) is 0.817. The first-order valence-corrected chi connectivity index (χ1v) is 8.78. The number of fused-ring (bicyclic) bond motifs is 1. The predicted molar refractivity (Wildman–Crippen MR) is 103 cm³/mol. The van der Waals surface area contributed by atoms with Crippen molar-refractivity contribution in [1.82, 2.24) is 9.88 Å². The summed E-state index contributed by atoms with van der Waals surface area (Å²) < 4.78 is 11.3. The van der Waals surface area contributed by atoms with Crippen molar-refractivity contribution in [1.29, 1.82) is 0 Å². The number of hydrogen-bond acceptors (Lipinski definition) is 4. The second-order valence-electron chi connectivity index (χ2n) is 6.66. The first-order chi connectivity index (χ1) is 13.0. The molecule has 0 saturated heterocycles. The van der Waals surface area contributed by atoms with Gasteiger partial charge in [0, 0.05) is 12.4 Å². The molecule has 0 N–H and O–H groups in total. The van der Waals surface area contributed by atoms with Gasteiger partial charge < -0.3 is 13.7 Å². The highest BCUT2D eigenvalue weighted by molar-refractivity contribution is 6.07. The van der Waals surface area contributed by atoms with Gasteiger partial charge in [-0.3, -0.25) is 4.79 Å². The van der Waals surface area contributed by atoms with Gasteiger partial charge in [0.25, 0.3) is 5.91 Å². The number of carbonyl (C=O) groups is 1. The number of rotatable bonds is 4. The fraction of sp³-hybridized carbons (Fsp3) is 0.182. The van der Waals surface area contributed by atoms with Gasteiger partial charge in [0.2, 0.25) is 0 Å². The van der Waals surface area contributed by atoms with Crippen LogP contribution in [0.3, 0.4) is 0 Å². The Bertz CT molecular complexity index is 1120. The molecule has 0 radical (unpaired) electrons. The van der Waals surface area contributed by atoms with E-state index in [1.54, 1.807) is 18.0 Å². The number of benzene rings is 1. The molecular formula is C22H20N2O3. The van der Waals surface area contributed by atoms with Gasteiger partial charge in [-0.2, -0.15) is 0 Å². The fourth-order valence-electron chi connectivity index (χ4n) is 3.13. The summed E-state index contributed by atoms with van der Waals surface area (Å²) in [6, 6.07) is 17.0. The van der Waals surface area contributed by atoms with Crippen LogP contribution < -0.4 is 0 Å². The van der Waals surface area contributed by atoms with E-state index in [0.29, 0.717) is 23.6 Å². The lowest BCUT2D eigenvalue weighted by atomic mass is 10.1. The lowest BCUT2D eigenvalue weighted by molar-refractivity contribution is 0.0777. The van der Waals surface area contributed by atoms with Crippen molar-refractivity contribution in [2.75, 3.05) is 7.05 Å². The molecule has 4 rings (SSSR count). The number of aromatic nitrogens is 1. The Morgan fingerprint density at radius 3 is 2.44 bits per heavy atom. The quantitative estimate of drug-likeness (QED) is 0.515. The van der Waals surface area contributed by atoms with Crippen LogP contribution in [-0.4, -0.2) is 22.8 Å². The summed E-state index contributed by atoms with van der Waals surface area (Å²) in [6.07, 6.45) is 0. The highest BCUT2D eigenvalue weighted by atomic mass is 16.3. The van der Waals surface area contributed by atoms with Gasteiger partial charge in [0.1, 0.15) is 23.0 Å². The maximum Gasteiger partial charge on any atom is 0.254 e. The maximum absolute atomic E-state index is 13.2. The number of nitrogens with zero attached hydrogens (tertiary/aromatic N) is 2. The molecule has 0 aliphatic carbocycles. The van der Waals surface area contributed by atoms with E-state index in [1.807, 2.05) is 62.4 Å². The summed E-state index contributed by atoms with van der Waals surface area (Å²) in [6.45, 7) is 4.17. The van der Waals surface area contributed by atoms with Crippen LogP contribution in [0.25, 0.3) is 22.4 Å². The third kappa shape index (κ3) is 3.36. The summed E-state index contributed by atoms with van der Waals surface area (Å²) in [4.78, 5) is 19.5. The first-order valence-electron chi connectivity index (χ1n) is 8.78. The van der Waals surface area contributed by atoms with Gasteiger partial charge in [-0.05, 0) is 50.2 Å². The van der Waals surface area contributed by atoms with E-state index in [2.05, 4.69) is 4.98 Å². The highest BCUT2D eigenvalue weighted by Crippen LogP contribution is 2.27. The Morgan fingerprint density at radius 1 is 1.00 bits per heavy atom. The first kappa shape index (κ1) is 17.1. The number of hydrogen-bond donors (Lipinski definition) is 0. The molecule has 3 heterocycles. The van der Waals surface area contributed by atoms with Crippen LogP contribution in [0.1, 0.15) is 27.6 Å². The van der Waals surface area contributed by atoms with Gasteiger partial charge in [-0.1, -0.05) is 18.2 Å². The minimum atomic E-state index is -0.0906. The summed E-state index contributed by atoms with van der Waals surface area (Å²) in [5.74, 6) is 2.95. The Balaban J connectivity index is 1.75. The number of amides is 1. The molecule has 3 aromatic heterocycles. The molecule has 1 amide bonds. The molecule has 0 unspecified atom stereocenters. The van der Waals surface area contributed by atoms with Crippen molar-refractivity contribution in [3.05, 3.63) is 77.4 Å². The third-order valence-electron chi connectivity index (χ3n) is 4.48. The van der Waals surface area contributed by atoms with Crippen LogP contribution in [-0.2, 0) is 6.54 Å². The molecule has 0 saturated carbocycles. The molecule has 0 bridgehead atoms. The van der Waals surface area contributed by atoms with Crippen molar-refractivity contribution in [2.24, 2.45) is 0 Å². The van der Waals surface area contributed by atoms with Crippen molar-refractivity contribution >= 4 is 16.8 Å². The molecule has 1 aromatic carbocycles. The smallest absolute Gasteiger partial charge is 0.254 e. The van der Waals surface area contributed by atoms with Crippen LogP contribution in [0.2, 0.25) is 0 Å². The third-order valence-corrected chi connectivity index (χ3v) is 4.48. The number of aryl methyl sites for hydroxylation is 2. The number of furan rings is 2. The minimum Gasteiger partial charge on any atom is -0.464 e. The van der Waals surface area contributed by atoms with Crippen LogP contribution in [0.15, 0.2) is 63.4 Å². The van der Waals surface area contributed by atoms with Crippen LogP contribution in [0, 0.1) is 13.8 Å². The van der Waals surface area contributed by atoms with Crippen LogP contribution in [0.4, 0.5) is 0 Å². The molecule has 0 atom stereocenters. The largest absolute Gasteiger partial charge is 0.464 e. The Kier molecular flexibility index (Phi) is 4.28. The molecule has 136 valence electrons. The van der Waals surface area contributed by atoms with Gasteiger partial charge in [0.15, 0.2) is 5.76 Å². The van der Waals surface area contributed by atoms with Crippen LogP contribution >= 0.6 is 0 Å². The number of para-hydroxylation sites is 1. The summed E-state index contributed by atoms with van der Waals surface area (Å²) in [5.41, 5.74) is 2.00. The van der Waals surface area contributed by atoms with E-state index < -0.39 is 0 Å². The van der Waals surface area contributed by atoms with Gasteiger partial charge >= 0.3 is 0 Å². The SMILES string of the molecule is Cc1ccc(CN(C)C(=O)c2cc(-c3ccc(C)o3)nc3ccccc23)o1. The fourth-order valence-corrected chi connectivity index (χ4v) is 3.13. The standard InChI is InChI=1S/C22H20N2O3/c1-14-8-10-16(26-14)13-24(3)22(25)18-12-20(21-11-9-15(2)27-21)23-19-7-5-4-6-17(18)19/h4-12H,13H2,1-3H3. The maximum atomic E-state index is 13.2. The van der Waals surface area contributed by atoms with Crippen molar-refractivity contribution < 1.29 is 13.6 Å². The summed E-state index contributed by atoms with van der Waals surface area (Å²) >= 11 is 0. The van der Waals surface area contributed by atoms with Crippen LogP contribution in [0.5, 0.6) is 0 Å². The summed E-state index contributed by atoms with van der Waals surface area (Å²) in [7, 11) is 1.77. The second kappa shape index (κ2) is 6.76. The zero-order chi connectivity index (χ0) is 19.0. The van der Waals surface area contributed by atoms with Crippen molar-refractivity contribution in [2.45, 2.75) is 20.4 Å². The van der Waals surface area contributed by atoms with Crippen molar-refractivity contribution in [3.8, 4) is 11.5 Å². The van der Waals surface area contributed by atoms with E-state index in [-0.39, 0.29) is 5.91 Å². The average Bonchev–Trinajstić information content (AvgIpc) is 3.28. The van der Waals surface area contributed by atoms with Gasteiger partial charge in [-0.25, -0.2) is 4.98 Å². The molecule has 0 fully saturated rings. The van der Waals surface area contributed by atoms with E-state index in [4.69, 9.17) is 8.83 Å². The average molecular weight is 360 g/mol. The Labute approximate surface area is 157 Å². The molecule has 0 aliphatic heterocycles. The van der Waals surface area contributed by atoms with E-state index in [0.717, 1.165) is 28.2 Å². The van der Waals surface area contributed by atoms with E-state index in [1.165, 1.54) is 0 Å². The molecule has 4 aromatic rings. The predicted octanol–water partition coefficient (Wildman–Crippen LogP) is 4.98. The zero-order valence-corrected chi connectivity index (χ0v) is 15.5. The topological polar surface area (TPSA) is 59.5 Å². The second-order valence-corrected chi connectivity index (χ2v) is 6.66. The molecule has 5 heteroatoms. The van der Waals surface area contributed by atoms with Gasteiger partial charge in [0.05, 0.1) is 17.6 Å². The minimum absolute atomic E-state index is 0.0906. The lowest BCUT2D eigenvalue weighted by Crippen LogP contribution is -2.26. The highest BCUT2D eigenvalue weighted by Gasteiger charge is 2.19. The molecule has 5 nitrogen and oxygen atoms in total. The van der Waals surface area contributed by atoms with Gasteiger partial charge in [-0.15, -0.1) is 0 Å². The molecular weight excluding hydrogens is 340 g/mol. The zero-order valence-electron chi connectivity index (χ0n) is 15.5. The number of pyridine rings is 1. The monoisotopic (exact) mass is 360 g/mol. The molecule has 0 aliphatic rings. The Hall–Kier alpha value is -3.34. The van der Waals surface area contributed by atoms with E-state index >= 15 is 0 Å². The van der Waals surface area contributed by atoms with E-state index in [9.17, 15) is 4.79 Å². The lowest BCUT2D eigenvalue weighted by Gasteiger charge is -2.17. The number of carbonyl (C=O) groups excluding carboxylic acids is 1.